The molecule has 0 saturated heterocycles. The Morgan fingerprint density at radius 3 is 2.95 bits per heavy atom. The zero-order valence-electron chi connectivity index (χ0n) is 10.4. The number of nitrogens with zero attached hydrogens (tertiary/aromatic N) is 1. The lowest BCUT2D eigenvalue weighted by molar-refractivity contribution is 0.0954. The molecule has 0 bridgehead atoms. The maximum absolute atomic E-state index is 12.9. The summed E-state index contributed by atoms with van der Waals surface area (Å²) in [4.78, 5) is 13.9. The molecule has 0 aliphatic rings. The monoisotopic (exact) mass is 276 g/mol. The van der Waals surface area contributed by atoms with Gasteiger partial charge in [0.25, 0.3) is 5.91 Å². The van der Waals surface area contributed by atoms with Gasteiger partial charge in [-0.15, -0.1) is 11.3 Å². The fourth-order valence-electron chi connectivity index (χ4n) is 1.50. The second-order valence-corrected chi connectivity index (χ2v) is 5.07. The van der Waals surface area contributed by atoms with Crippen molar-refractivity contribution in [2.24, 2.45) is 5.10 Å². The third-order valence-electron chi connectivity index (χ3n) is 2.48. The van der Waals surface area contributed by atoms with E-state index in [0.717, 1.165) is 11.3 Å². The zero-order chi connectivity index (χ0) is 13.7. The van der Waals surface area contributed by atoms with Crippen molar-refractivity contribution < 1.29 is 9.18 Å². The molecule has 2 rings (SSSR count). The quantitative estimate of drug-likeness (QED) is 0.676. The summed E-state index contributed by atoms with van der Waals surface area (Å²) in [5, 5.41) is 3.86. The van der Waals surface area contributed by atoms with Gasteiger partial charge < -0.3 is 0 Å². The number of carbonyl (C=O) groups is 1. The standard InChI is InChI=1S/C14H13FN2OS/c1-2-12-6-7-13(19-12)9-16-17-14(18)10-4-3-5-11(15)8-10/h3-9H,2H2,1H3,(H,17,18)/b16-9+. The highest BCUT2D eigenvalue weighted by Crippen LogP contribution is 2.14. The van der Waals surface area contributed by atoms with Gasteiger partial charge in [0.15, 0.2) is 0 Å². The van der Waals surface area contributed by atoms with Gasteiger partial charge in [0, 0.05) is 15.3 Å². The largest absolute Gasteiger partial charge is 0.271 e. The first-order valence-electron chi connectivity index (χ1n) is 5.86. The molecule has 0 fully saturated rings. The molecule has 2 aromatic rings. The topological polar surface area (TPSA) is 41.5 Å². The molecule has 1 heterocycles. The molecule has 1 aromatic carbocycles. The zero-order valence-corrected chi connectivity index (χ0v) is 11.2. The third kappa shape index (κ3) is 3.72. The molecule has 0 radical (unpaired) electrons. The summed E-state index contributed by atoms with van der Waals surface area (Å²) in [6, 6.07) is 9.46. The SMILES string of the molecule is CCc1ccc(/C=N/NC(=O)c2cccc(F)c2)s1. The minimum absolute atomic E-state index is 0.248. The lowest BCUT2D eigenvalue weighted by atomic mass is 10.2. The maximum atomic E-state index is 12.9. The Hall–Kier alpha value is -2.01. The van der Waals surface area contributed by atoms with Crippen molar-refractivity contribution in [1.29, 1.82) is 0 Å². The van der Waals surface area contributed by atoms with E-state index in [1.54, 1.807) is 17.6 Å². The number of hydrogen-bond acceptors (Lipinski definition) is 3. The molecule has 0 aliphatic heterocycles. The Kier molecular flexibility index (Phi) is 4.41. The number of nitrogens with one attached hydrogen (secondary N) is 1. The van der Waals surface area contributed by atoms with E-state index in [1.165, 1.54) is 29.1 Å². The predicted molar refractivity (Wildman–Crippen MR) is 75.2 cm³/mol. The Morgan fingerprint density at radius 1 is 1.42 bits per heavy atom. The molecule has 0 atom stereocenters. The van der Waals surface area contributed by atoms with Crippen LogP contribution >= 0.6 is 11.3 Å². The molecule has 19 heavy (non-hydrogen) atoms. The second-order valence-electron chi connectivity index (χ2n) is 3.87. The van der Waals surface area contributed by atoms with Crippen LogP contribution in [-0.4, -0.2) is 12.1 Å². The van der Waals surface area contributed by atoms with Crippen molar-refractivity contribution in [3.8, 4) is 0 Å². The number of thiophene rings is 1. The van der Waals surface area contributed by atoms with Gasteiger partial charge in [0.05, 0.1) is 6.21 Å². The van der Waals surface area contributed by atoms with Gasteiger partial charge >= 0.3 is 0 Å². The van der Waals surface area contributed by atoms with Gasteiger partial charge in [-0.3, -0.25) is 4.79 Å². The van der Waals surface area contributed by atoms with Crippen molar-refractivity contribution in [2.75, 3.05) is 0 Å². The molecule has 5 heteroatoms. The molecule has 0 spiro atoms. The van der Waals surface area contributed by atoms with E-state index >= 15 is 0 Å². The normalized spacial score (nSPS) is 10.8. The fourth-order valence-corrected chi connectivity index (χ4v) is 2.33. The molecule has 98 valence electrons. The van der Waals surface area contributed by atoms with Crippen LogP contribution in [0.5, 0.6) is 0 Å². The summed E-state index contributed by atoms with van der Waals surface area (Å²) in [6.45, 7) is 2.08. The Morgan fingerprint density at radius 2 is 2.26 bits per heavy atom. The molecule has 1 amide bonds. The molecule has 0 aliphatic carbocycles. The minimum atomic E-state index is -0.442. The molecular weight excluding hydrogens is 263 g/mol. The molecule has 0 saturated carbocycles. The lowest BCUT2D eigenvalue weighted by Crippen LogP contribution is -2.17. The van der Waals surface area contributed by atoms with Crippen LogP contribution in [-0.2, 0) is 6.42 Å². The van der Waals surface area contributed by atoms with Crippen LogP contribution in [0.15, 0.2) is 41.5 Å². The van der Waals surface area contributed by atoms with E-state index in [2.05, 4.69) is 17.5 Å². The first kappa shape index (κ1) is 13.4. The number of amides is 1. The predicted octanol–water partition coefficient (Wildman–Crippen LogP) is 3.21. The summed E-state index contributed by atoms with van der Waals surface area (Å²) >= 11 is 1.62. The van der Waals surface area contributed by atoms with E-state index in [-0.39, 0.29) is 5.56 Å². The summed E-state index contributed by atoms with van der Waals surface area (Å²) in [5.41, 5.74) is 2.62. The highest BCUT2D eigenvalue weighted by molar-refractivity contribution is 7.13. The highest BCUT2D eigenvalue weighted by atomic mass is 32.1. The minimum Gasteiger partial charge on any atom is -0.267 e. The van der Waals surface area contributed by atoms with Gasteiger partial charge in [-0.1, -0.05) is 13.0 Å². The molecule has 3 nitrogen and oxygen atoms in total. The number of benzene rings is 1. The third-order valence-corrected chi connectivity index (χ3v) is 3.64. The van der Waals surface area contributed by atoms with E-state index < -0.39 is 11.7 Å². The number of carbonyl (C=O) groups excluding carboxylic acids is 1. The van der Waals surface area contributed by atoms with E-state index in [9.17, 15) is 9.18 Å². The highest BCUT2D eigenvalue weighted by Gasteiger charge is 2.04. The van der Waals surface area contributed by atoms with E-state index in [4.69, 9.17) is 0 Å². The lowest BCUT2D eigenvalue weighted by Gasteiger charge is -1.98. The van der Waals surface area contributed by atoms with Crippen molar-refractivity contribution in [1.82, 2.24) is 5.43 Å². The molecular formula is C14H13FN2OS. The van der Waals surface area contributed by atoms with Crippen LogP contribution in [0.25, 0.3) is 0 Å². The molecule has 1 aromatic heterocycles. The Balaban J connectivity index is 1.96. The maximum Gasteiger partial charge on any atom is 0.271 e. The van der Waals surface area contributed by atoms with Crippen LogP contribution in [0, 0.1) is 5.82 Å². The van der Waals surface area contributed by atoms with Crippen molar-refractivity contribution in [3.05, 3.63) is 57.5 Å². The van der Waals surface area contributed by atoms with Gasteiger partial charge in [-0.05, 0) is 36.8 Å². The van der Waals surface area contributed by atoms with Crippen LogP contribution in [0.3, 0.4) is 0 Å². The van der Waals surface area contributed by atoms with Gasteiger partial charge in [0.1, 0.15) is 5.82 Å². The number of rotatable bonds is 4. The van der Waals surface area contributed by atoms with Gasteiger partial charge in [-0.2, -0.15) is 5.10 Å². The first-order chi connectivity index (χ1) is 9.19. The second kappa shape index (κ2) is 6.24. The summed E-state index contributed by atoms with van der Waals surface area (Å²) < 4.78 is 12.9. The summed E-state index contributed by atoms with van der Waals surface area (Å²) in [6.07, 6.45) is 2.56. The van der Waals surface area contributed by atoms with Crippen molar-refractivity contribution in [2.45, 2.75) is 13.3 Å². The average Bonchev–Trinajstić information content (AvgIpc) is 2.86. The van der Waals surface area contributed by atoms with Crippen molar-refractivity contribution >= 4 is 23.5 Å². The number of aryl methyl sites for hydroxylation is 1. The summed E-state index contributed by atoms with van der Waals surface area (Å²) in [7, 11) is 0. The van der Waals surface area contributed by atoms with Crippen LogP contribution in [0.4, 0.5) is 4.39 Å². The molecule has 1 N–H and O–H groups in total. The number of hydrogen-bond donors (Lipinski definition) is 1. The van der Waals surface area contributed by atoms with E-state index in [1.807, 2.05) is 12.1 Å². The Bertz CT molecular complexity index is 607. The van der Waals surface area contributed by atoms with Crippen molar-refractivity contribution in [3.63, 3.8) is 0 Å². The van der Waals surface area contributed by atoms with E-state index in [0.29, 0.717) is 0 Å². The van der Waals surface area contributed by atoms with Crippen LogP contribution in [0.2, 0.25) is 0 Å². The summed E-state index contributed by atoms with van der Waals surface area (Å²) in [5.74, 6) is -0.870. The van der Waals surface area contributed by atoms with Crippen LogP contribution in [0.1, 0.15) is 27.0 Å². The molecule has 0 unspecified atom stereocenters. The number of halogens is 1. The van der Waals surface area contributed by atoms with Gasteiger partial charge in [-0.25, -0.2) is 9.82 Å². The van der Waals surface area contributed by atoms with Crippen LogP contribution < -0.4 is 5.43 Å². The number of hydrazone groups is 1. The first-order valence-corrected chi connectivity index (χ1v) is 6.68. The van der Waals surface area contributed by atoms with Gasteiger partial charge in [0.2, 0.25) is 0 Å². The Labute approximate surface area is 114 Å². The fraction of sp³-hybridized carbons (Fsp3) is 0.143. The smallest absolute Gasteiger partial charge is 0.267 e. The average molecular weight is 276 g/mol.